The fourth-order valence-electron chi connectivity index (χ4n) is 2.91. The molecule has 0 radical (unpaired) electrons. The van der Waals surface area contributed by atoms with E-state index in [9.17, 15) is 9.59 Å². The highest BCUT2D eigenvalue weighted by molar-refractivity contribution is 5.99. The molecule has 26 heavy (non-hydrogen) atoms. The van der Waals surface area contributed by atoms with E-state index < -0.39 is 0 Å². The summed E-state index contributed by atoms with van der Waals surface area (Å²) in [7, 11) is 0. The molecule has 2 aromatic rings. The number of ether oxygens (including phenoxy) is 1. The predicted molar refractivity (Wildman–Crippen MR) is 100 cm³/mol. The molecule has 0 saturated carbocycles. The van der Waals surface area contributed by atoms with Crippen LogP contribution in [0.15, 0.2) is 48.5 Å². The molecule has 1 heterocycles. The molecular formula is C21H24N2O3. The van der Waals surface area contributed by atoms with Gasteiger partial charge < -0.3 is 15.4 Å². The van der Waals surface area contributed by atoms with Crippen molar-refractivity contribution >= 4 is 11.8 Å². The van der Waals surface area contributed by atoms with Gasteiger partial charge in [0, 0.05) is 30.8 Å². The minimum Gasteiger partial charge on any atom is -0.376 e. The van der Waals surface area contributed by atoms with Crippen LogP contribution in [0.25, 0.3) is 0 Å². The van der Waals surface area contributed by atoms with Crippen molar-refractivity contribution in [1.82, 2.24) is 10.6 Å². The summed E-state index contributed by atoms with van der Waals surface area (Å²) in [6.07, 6.45) is 2.11. The van der Waals surface area contributed by atoms with Gasteiger partial charge in [-0.1, -0.05) is 35.9 Å². The van der Waals surface area contributed by atoms with Gasteiger partial charge in [0.2, 0.25) is 0 Å². The van der Waals surface area contributed by atoms with Gasteiger partial charge in [0.15, 0.2) is 0 Å². The van der Waals surface area contributed by atoms with Crippen LogP contribution in [-0.4, -0.2) is 31.1 Å². The van der Waals surface area contributed by atoms with Crippen LogP contribution in [0.5, 0.6) is 0 Å². The van der Waals surface area contributed by atoms with Gasteiger partial charge in [0.25, 0.3) is 11.8 Å². The molecule has 0 aromatic heterocycles. The van der Waals surface area contributed by atoms with E-state index >= 15 is 0 Å². The Morgan fingerprint density at radius 2 is 1.73 bits per heavy atom. The van der Waals surface area contributed by atoms with Gasteiger partial charge in [-0.15, -0.1) is 0 Å². The minimum atomic E-state index is -0.195. The molecule has 1 aliphatic rings. The summed E-state index contributed by atoms with van der Waals surface area (Å²) < 4.78 is 5.50. The molecule has 5 heteroatoms. The summed E-state index contributed by atoms with van der Waals surface area (Å²) in [5, 5.41) is 5.76. The van der Waals surface area contributed by atoms with Crippen molar-refractivity contribution in [3.8, 4) is 0 Å². The minimum absolute atomic E-state index is 0.0972. The SMILES string of the molecule is Cc1ccc(CNC(=O)c2cccc(C(=O)NCC3CCCO3)c2)cc1. The molecule has 0 bridgehead atoms. The van der Waals surface area contributed by atoms with Crippen molar-refractivity contribution in [1.29, 1.82) is 0 Å². The Morgan fingerprint density at radius 1 is 1.04 bits per heavy atom. The second-order valence-electron chi connectivity index (χ2n) is 6.59. The van der Waals surface area contributed by atoms with Gasteiger partial charge in [-0.05, 0) is 43.5 Å². The molecule has 2 aromatic carbocycles. The van der Waals surface area contributed by atoms with E-state index in [4.69, 9.17) is 4.74 Å². The van der Waals surface area contributed by atoms with Crippen molar-refractivity contribution in [3.05, 3.63) is 70.8 Å². The first-order valence-corrected chi connectivity index (χ1v) is 8.95. The van der Waals surface area contributed by atoms with E-state index in [0.717, 1.165) is 25.0 Å². The van der Waals surface area contributed by atoms with Crippen molar-refractivity contribution < 1.29 is 14.3 Å². The van der Waals surface area contributed by atoms with E-state index in [1.54, 1.807) is 24.3 Å². The largest absolute Gasteiger partial charge is 0.376 e. The van der Waals surface area contributed by atoms with Crippen LogP contribution < -0.4 is 10.6 Å². The molecule has 2 amide bonds. The summed E-state index contributed by atoms with van der Waals surface area (Å²) in [4.78, 5) is 24.7. The van der Waals surface area contributed by atoms with Crippen LogP contribution in [0.3, 0.4) is 0 Å². The van der Waals surface area contributed by atoms with E-state index in [2.05, 4.69) is 10.6 Å². The third-order valence-electron chi connectivity index (χ3n) is 4.47. The predicted octanol–water partition coefficient (Wildman–Crippen LogP) is 2.83. The lowest BCUT2D eigenvalue weighted by Crippen LogP contribution is -2.32. The van der Waals surface area contributed by atoms with Gasteiger partial charge in [0.1, 0.15) is 0 Å². The molecule has 5 nitrogen and oxygen atoms in total. The second kappa shape index (κ2) is 8.63. The second-order valence-corrected chi connectivity index (χ2v) is 6.59. The van der Waals surface area contributed by atoms with Crippen LogP contribution in [-0.2, 0) is 11.3 Å². The third-order valence-corrected chi connectivity index (χ3v) is 4.47. The van der Waals surface area contributed by atoms with Crippen molar-refractivity contribution in [2.24, 2.45) is 0 Å². The maximum atomic E-state index is 12.4. The molecular weight excluding hydrogens is 328 g/mol. The number of amides is 2. The molecule has 3 rings (SSSR count). The van der Waals surface area contributed by atoms with Crippen LogP contribution >= 0.6 is 0 Å². The standard InChI is InChI=1S/C21H24N2O3/c1-15-7-9-16(10-8-15)13-22-20(24)17-4-2-5-18(12-17)21(25)23-14-19-6-3-11-26-19/h2,4-5,7-10,12,19H,3,6,11,13-14H2,1H3,(H,22,24)(H,23,25). The van der Waals surface area contributed by atoms with Gasteiger partial charge >= 0.3 is 0 Å². The summed E-state index contributed by atoms with van der Waals surface area (Å²) in [5.41, 5.74) is 3.17. The maximum absolute atomic E-state index is 12.4. The first kappa shape index (κ1) is 18.1. The summed E-state index contributed by atoms with van der Waals surface area (Å²) in [6.45, 7) is 3.74. The van der Waals surface area contributed by atoms with E-state index in [-0.39, 0.29) is 17.9 Å². The molecule has 0 aliphatic carbocycles. The maximum Gasteiger partial charge on any atom is 0.251 e. The van der Waals surface area contributed by atoms with E-state index in [1.165, 1.54) is 5.56 Å². The van der Waals surface area contributed by atoms with E-state index in [1.807, 2.05) is 31.2 Å². The average Bonchev–Trinajstić information content (AvgIpc) is 3.19. The smallest absolute Gasteiger partial charge is 0.251 e. The Morgan fingerprint density at radius 3 is 2.38 bits per heavy atom. The number of nitrogens with one attached hydrogen (secondary N) is 2. The Balaban J connectivity index is 1.55. The summed E-state index contributed by atoms with van der Waals surface area (Å²) in [6, 6.07) is 14.8. The zero-order valence-corrected chi connectivity index (χ0v) is 15.0. The number of hydrogen-bond acceptors (Lipinski definition) is 3. The first-order valence-electron chi connectivity index (χ1n) is 8.95. The molecule has 2 N–H and O–H groups in total. The fourth-order valence-corrected chi connectivity index (χ4v) is 2.91. The number of carbonyl (C=O) groups is 2. The Bertz CT molecular complexity index is 765. The van der Waals surface area contributed by atoms with Crippen LogP contribution in [0.1, 0.15) is 44.7 Å². The number of hydrogen-bond donors (Lipinski definition) is 2. The quantitative estimate of drug-likeness (QED) is 0.840. The summed E-state index contributed by atoms with van der Waals surface area (Å²) >= 11 is 0. The zero-order chi connectivity index (χ0) is 18.4. The van der Waals surface area contributed by atoms with Crippen LogP contribution in [0.4, 0.5) is 0 Å². The lowest BCUT2D eigenvalue weighted by atomic mass is 10.1. The van der Waals surface area contributed by atoms with Crippen molar-refractivity contribution in [3.63, 3.8) is 0 Å². The third kappa shape index (κ3) is 4.92. The highest BCUT2D eigenvalue weighted by Crippen LogP contribution is 2.11. The monoisotopic (exact) mass is 352 g/mol. The van der Waals surface area contributed by atoms with Gasteiger partial charge in [0.05, 0.1) is 6.10 Å². The molecule has 1 saturated heterocycles. The molecule has 1 aliphatic heterocycles. The average molecular weight is 352 g/mol. The number of rotatable bonds is 6. The molecule has 1 unspecified atom stereocenters. The van der Waals surface area contributed by atoms with Crippen LogP contribution in [0, 0.1) is 6.92 Å². The van der Waals surface area contributed by atoms with Gasteiger partial charge in [-0.3, -0.25) is 9.59 Å². The number of aryl methyl sites for hydroxylation is 1. The number of benzene rings is 2. The zero-order valence-electron chi connectivity index (χ0n) is 15.0. The Labute approximate surface area is 153 Å². The molecule has 1 atom stereocenters. The highest BCUT2D eigenvalue weighted by atomic mass is 16.5. The Kier molecular flexibility index (Phi) is 6.02. The number of carbonyl (C=O) groups excluding carboxylic acids is 2. The lowest BCUT2D eigenvalue weighted by molar-refractivity contribution is 0.0857. The topological polar surface area (TPSA) is 67.4 Å². The van der Waals surface area contributed by atoms with Crippen molar-refractivity contribution in [2.75, 3.05) is 13.2 Å². The normalized spacial score (nSPS) is 16.3. The molecule has 0 spiro atoms. The van der Waals surface area contributed by atoms with Crippen molar-refractivity contribution in [2.45, 2.75) is 32.4 Å². The highest BCUT2D eigenvalue weighted by Gasteiger charge is 2.17. The van der Waals surface area contributed by atoms with Gasteiger partial charge in [-0.25, -0.2) is 0 Å². The van der Waals surface area contributed by atoms with Gasteiger partial charge in [-0.2, -0.15) is 0 Å². The van der Waals surface area contributed by atoms with E-state index in [0.29, 0.717) is 24.2 Å². The van der Waals surface area contributed by atoms with Crippen LogP contribution in [0.2, 0.25) is 0 Å². The first-order chi connectivity index (χ1) is 12.6. The molecule has 136 valence electrons. The Hall–Kier alpha value is -2.66. The fraction of sp³-hybridized carbons (Fsp3) is 0.333. The lowest BCUT2D eigenvalue weighted by Gasteiger charge is -2.11. The summed E-state index contributed by atoms with van der Waals surface area (Å²) in [5.74, 6) is -0.381. The molecule has 1 fully saturated rings.